The standard InChI is InChI=1S/C46H69N15O9S2/c1-24(2)69-43(66)28-20-33(37(71-15-10-48)35(22-28)60-41(64)31(50)7-5-12-56-45(52)53)58-39(62)26-17-27(19-30(18-26)68-14-9-47)40(63)59-34-21-29(44(67)70-25(3)4)23-36(38(34)72-16-11-49)61-42(65)32(51)8-6-13-57-46(54)55/h17-25,31-32H,5-16,47-51H2,1-4H3,(H,58,62)(H,59,63)(H,60,64)(H,61,65)(H4,52,53,56)(H4,54,55,57)/t31-,32-/m1/s1. The molecule has 3 rings (SSSR count). The van der Waals surface area contributed by atoms with Crippen LogP contribution < -0.4 is 76.8 Å². The van der Waals surface area contributed by atoms with E-state index in [0.29, 0.717) is 47.2 Å². The maximum Gasteiger partial charge on any atom is 0.338 e. The van der Waals surface area contributed by atoms with E-state index in [1.165, 1.54) is 66.0 Å². The van der Waals surface area contributed by atoms with Gasteiger partial charge in [0, 0.05) is 55.4 Å². The minimum Gasteiger partial charge on any atom is -0.492 e. The highest BCUT2D eigenvalue weighted by atomic mass is 32.2. The second kappa shape index (κ2) is 30.3. The molecule has 0 aromatic heterocycles. The van der Waals surface area contributed by atoms with Crippen LogP contribution in [0.4, 0.5) is 22.7 Å². The van der Waals surface area contributed by atoms with Crippen LogP contribution in [0, 0.1) is 10.8 Å². The molecule has 0 bridgehead atoms. The molecule has 394 valence electrons. The fourth-order valence-electron chi connectivity index (χ4n) is 6.38. The summed E-state index contributed by atoms with van der Waals surface area (Å²) in [7, 11) is 0. The number of hydrogen-bond acceptors (Lipinski definition) is 18. The van der Waals surface area contributed by atoms with Crippen molar-refractivity contribution in [3.8, 4) is 5.75 Å². The average molecular weight is 1040 g/mol. The molecule has 72 heavy (non-hydrogen) atoms. The number of benzene rings is 3. The van der Waals surface area contributed by atoms with Crippen molar-refractivity contribution in [2.45, 2.75) is 87.5 Å². The van der Waals surface area contributed by atoms with Gasteiger partial charge in [0.15, 0.2) is 11.9 Å². The predicted molar refractivity (Wildman–Crippen MR) is 282 cm³/mol. The highest BCUT2D eigenvalue weighted by molar-refractivity contribution is 7.99. The van der Waals surface area contributed by atoms with Gasteiger partial charge in [-0.3, -0.25) is 30.0 Å². The minimum absolute atomic E-state index is 0.00275. The second-order valence-electron chi connectivity index (χ2n) is 16.4. The molecule has 3 aromatic carbocycles. The summed E-state index contributed by atoms with van der Waals surface area (Å²) in [5.41, 5.74) is 41.0. The Balaban J connectivity index is 2.15. The molecule has 0 spiro atoms. The van der Waals surface area contributed by atoms with Gasteiger partial charge in [-0.1, -0.05) is 0 Å². The van der Waals surface area contributed by atoms with Crippen LogP contribution in [-0.4, -0.2) is 123 Å². The molecule has 0 aliphatic heterocycles. The molecule has 4 amide bonds. The number of rotatable bonds is 29. The first-order valence-corrected chi connectivity index (χ1v) is 25.0. The smallest absolute Gasteiger partial charge is 0.338 e. The van der Waals surface area contributed by atoms with E-state index in [9.17, 15) is 28.8 Å². The lowest BCUT2D eigenvalue weighted by Crippen LogP contribution is -2.37. The zero-order valence-electron chi connectivity index (χ0n) is 40.9. The van der Waals surface area contributed by atoms with Gasteiger partial charge in [0.05, 0.1) is 68.0 Å². The topological polar surface area (TPSA) is 432 Å². The van der Waals surface area contributed by atoms with Gasteiger partial charge in [-0.05, 0) is 95.8 Å². The molecule has 26 heteroatoms. The molecule has 0 aliphatic rings. The number of amides is 4. The number of esters is 2. The fourth-order valence-corrected chi connectivity index (χ4v) is 8.08. The van der Waals surface area contributed by atoms with Crippen LogP contribution in [0.3, 0.4) is 0 Å². The third kappa shape index (κ3) is 19.8. The Morgan fingerprint density at radius 2 is 0.931 bits per heavy atom. The highest BCUT2D eigenvalue weighted by Gasteiger charge is 2.26. The van der Waals surface area contributed by atoms with Gasteiger partial charge in [0.25, 0.3) is 11.8 Å². The average Bonchev–Trinajstić information content (AvgIpc) is 3.31. The summed E-state index contributed by atoms with van der Waals surface area (Å²) in [5.74, 6) is -3.98. The van der Waals surface area contributed by atoms with Crippen molar-refractivity contribution >= 4 is 93.8 Å². The molecule has 0 radical (unpaired) electrons. The van der Waals surface area contributed by atoms with Crippen LogP contribution in [-0.2, 0) is 19.1 Å². The molecule has 22 N–H and O–H groups in total. The Labute approximate surface area is 426 Å². The maximum atomic E-state index is 14.4. The van der Waals surface area contributed by atoms with E-state index in [4.69, 9.17) is 65.2 Å². The maximum absolute atomic E-state index is 14.4. The first kappa shape index (κ1) is 59.6. The summed E-state index contributed by atoms with van der Waals surface area (Å²) >= 11 is 2.37. The quantitative estimate of drug-likeness (QED) is 0.0155. The molecule has 3 aromatic rings. The lowest BCUT2D eigenvalue weighted by molar-refractivity contribution is -0.118. The normalized spacial score (nSPS) is 11.8. The van der Waals surface area contributed by atoms with Crippen molar-refractivity contribution in [2.75, 3.05) is 72.1 Å². The molecule has 0 aliphatic carbocycles. The van der Waals surface area contributed by atoms with E-state index >= 15 is 0 Å². The Morgan fingerprint density at radius 1 is 0.556 bits per heavy atom. The van der Waals surface area contributed by atoms with Gasteiger partial charge < -0.3 is 86.2 Å². The highest BCUT2D eigenvalue weighted by Crippen LogP contribution is 2.39. The minimum atomic E-state index is -1.01. The van der Waals surface area contributed by atoms with E-state index in [1.54, 1.807) is 27.7 Å². The number of thioether (sulfide) groups is 2. The summed E-state index contributed by atoms with van der Waals surface area (Å²) in [6, 6.07) is 7.62. The monoisotopic (exact) mass is 1040 g/mol. The molecule has 0 unspecified atom stereocenters. The summed E-state index contributed by atoms with van der Waals surface area (Å²) in [5, 5.41) is 31.2. The number of carbonyl (C=O) groups is 6. The van der Waals surface area contributed by atoms with Crippen LogP contribution in [0.1, 0.15) is 94.8 Å². The van der Waals surface area contributed by atoms with Crippen LogP contribution in [0.5, 0.6) is 5.75 Å². The van der Waals surface area contributed by atoms with Crippen LogP contribution in [0.25, 0.3) is 0 Å². The van der Waals surface area contributed by atoms with Gasteiger partial charge >= 0.3 is 11.9 Å². The molecular formula is C46H69N15O9S2. The van der Waals surface area contributed by atoms with Crippen molar-refractivity contribution in [3.05, 3.63) is 64.7 Å². The summed E-state index contributed by atoms with van der Waals surface area (Å²) in [6.07, 6.45) is 0.204. The molecule has 0 saturated heterocycles. The molecule has 2 atom stereocenters. The molecule has 0 fully saturated rings. The Kier molecular flexibility index (Phi) is 25.1. The van der Waals surface area contributed by atoms with E-state index < -0.39 is 59.9 Å². The molecular weight excluding hydrogens is 971 g/mol. The van der Waals surface area contributed by atoms with Gasteiger partial charge in [-0.15, -0.1) is 23.5 Å². The van der Waals surface area contributed by atoms with E-state index in [-0.39, 0.29) is 102 Å². The zero-order chi connectivity index (χ0) is 53.5. The largest absolute Gasteiger partial charge is 0.492 e. The molecule has 0 heterocycles. The van der Waals surface area contributed by atoms with Crippen LogP contribution in [0.2, 0.25) is 0 Å². The van der Waals surface area contributed by atoms with Crippen molar-refractivity contribution in [2.24, 2.45) is 40.1 Å². The zero-order valence-corrected chi connectivity index (χ0v) is 42.5. The predicted octanol–water partition coefficient (Wildman–Crippen LogP) is 1.82. The lowest BCUT2D eigenvalue weighted by atomic mass is 10.1. The van der Waals surface area contributed by atoms with Crippen LogP contribution >= 0.6 is 23.5 Å². The summed E-state index contributed by atoms with van der Waals surface area (Å²) in [6.45, 7) is 7.73. The first-order valence-electron chi connectivity index (χ1n) is 23.0. The number of anilines is 4. The van der Waals surface area contributed by atoms with Gasteiger partial charge in [-0.2, -0.15) is 0 Å². The van der Waals surface area contributed by atoms with Gasteiger partial charge in [-0.25, -0.2) is 9.59 Å². The van der Waals surface area contributed by atoms with Gasteiger partial charge in [0.2, 0.25) is 11.8 Å². The number of hydrogen-bond donors (Lipinski definition) is 15. The Bertz CT molecular complexity index is 2250. The number of nitrogens with one attached hydrogen (secondary N) is 8. The Morgan fingerprint density at radius 3 is 1.26 bits per heavy atom. The number of ether oxygens (including phenoxy) is 3. The second-order valence-corrected chi connectivity index (χ2v) is 18.6. The van der Waals surface area contributed by atoms with Crippen molar-refractivity contribution in [1.82, 2.24) is 10.6 Å². The van der Waals surface area contributed by atoms with Crippen LogP contribution in [0.15, 0.2) is 52.3 Å². The van der Waals surface area contributed by atoms with Crippen molar-refractivity contribution in [1.29, 1.82) is 10.8 Å². The van der Waals surface area contributed by atoms with E-state index in [0.717, 1.165) is 0 Å². The van der Waals surface area contributed by atoms with Gasteiger partial charge in [0.1, 0.15) is 12.4 Å². The van der Waals surface area contributed by atoms with E-state index in [1.807, 2.05) is 0 Å². The van der Waals surface area contributed by atoms with Crippen molar-refractivity contribution < 1.29 is 43.0 Å². The van der Waals surface area contributed by atoms with E-state index in [2.05, 4.69) is 31.9 Å². The number of guanidine groups is 2. The summed E-state index contributed by atoms with van der Waals surface area (Å²) < 4.78 is 16.8. The molecule has 0 saturated carbocycles. The fraction of sp³-hybridized carbons (Fsp3) is 0.435. The third-order valence-corrected chi connectivity index (χ3v) is 11.9. The summed E-state index contributed by atoms with van der Waals surface area (Å²) in [4.78, 5) is 83.3. The SMILES string of the molecule is CC(C)OC(=O)c1cc(NC(=O)c2cc(OCCN)cc(C(=O)Nc3cc(C(=O)OC(C)C)cc(NC(=O)[C@H](N)CCCNC(=N)N)c3SCCN)c2)c(SCCN)c(NC(=O)[C@H](N)CCCNC(=N)N)c1. The van der Waals surface area contributed by atoms with Crippen molar-refractivity contribution in [3.63, 3.8) is 0 Å². The third-order valence-electron chi connectivity index (χ3n) is 9.58. The Hall–Kier alpha value is -6.68. The number of nitrogens with two attached hydrogens (primary N) is 7. The molecule has 24 nitrogen and oxygen atoms in total. The first-order chi connectivity index (χ1) is 34.2. The lowest BCUT2D eigenvalue weighted by Gasteiger charge is -2.20. The number of carbonyl (C=O) groups excluding carboxylic acids is 6.